The Hall–Kier alpha value is -2.62. The van der Waals surface area contributed by atoms with Gasteiger partial charge < -0.3 is 10.6 Å². The van der Waals surface area contributed by atoms with E-state index in [2.05, 4.69) is 17.0 Å². The number of halogens is 1. The zero-order chi connectivity index (χ0) is 15.8. The van der Waals surface area contributed by atoms with Crippen LogP contribution in [0.5, 0.6) is 0 Å². The summed E-state index contributed by atoms with van der Waals surface area (Å²) in [5, 5.41) is 0.452. The van der Waals surface area contributed by atoms with Crippen molar-refractivity contribution in [2.75, 3.05) is 17.2 Å². The van der Waals surface area contributed by atoms with E-state index in [1.165, 1.54) is 11.6 Å². The van der Waals surface area contributed by atoms with Gasteiger partial charge in [0.25, 0.3) is 0 Å². The lowest BCUT2D eigenvalue weighted by Gasteiger charge is -2.31. The fourth-order valence-electron chi connectivity index (χ4n) is 3.34. The molecule has 0 saturated heterocycles. The minimum absolute atomic E-state index is 0.296. The number of fused-ring (bicyclic) bond motifs is 2. The van der Waals surface area contributed by atoms with Crippen LogP contribution in [0.15, 0.2) is 48.5 Å². The average Bonchev–Trinajstić information content (AvgIpc) is 2.57. The molecule has 0 bridgehead atoms. The SMILES string of the molecule is Nc1c2c(nc3cccc(F)c13)N(Cc1ccccc1)CCC2. The maximum Gasteiger partial charge on any atom is 0.134 e. The second-order valence-electron chi connectivity index (χ2n) is 5.97. The van der Waals surface area contributed by atoms with Gasteiger partial charge in [-0.05, 0) is 30.5 Å². The largest absolute Gasteiger partial charge is 0.398 e. The van der Waals surface area contributed by atoms with Crippen LogP contribution in [0.4, 0.5) is 15.9 Å². The summed E-state index contributed by atoms with van der Waals surface area (Å²) in [6, 6.07) is 15.3. The summed E-state index contributed by atoms with van der Waals surface area (Å²) in [5.74, 6) is 0.603. The number of nitrogens with zero attached hydrogens (tertiary/aromatic N) is 2. The molecule has 2 aromatic carbocycles. The molecule has 0 atom stereocenters. The summed E-state index contributed by atoms with van der Waals surface area (Å²) in [7, 11) is 0. The first-order valence-electron chi connectivity index (χ1n) is 7.89. The molecule has 3 aromatic rings. The standard InChI is InChI=1S/C19H18FN3/c20-15-9-4-10-16-17(15)18(21)14-8-5-11-23(19(14)22-16)12-13-6-2-1-3-7-13/h1-4,6-7,9-10H,5,8,11-12H2,(H2,21,22). The minimum Gasteiger partial charge on any atom is -0.398 e. The minimum atomic E-state index is -0.296. The summed E-state index contributed by atoms with van der Waals surface area (Å²) >= 11 is 0. The Morgan fingerprint density at radius 2 is 1.91 bits per heavy atom. The van der Waals surface area contributed by atoms with E-state index in [1.54, 1.807) is 6.07 Å². The summed E-state index contributed by atoms with van der Waals surface area (Å²) in [6.07, 6.45) is 1.86. The third-order valence-electron chi connectivity index (χ3n) is 4.45. The Morgan fingerprint density at radius 3 is 2.74 bits per heavy atom. The third kappa shape index (κ3) is 2.40. The van der Waals surface area contributed by atoms with Crippen molar-refractivity contribution in [3.05, 3.63) is 65.5 Å². The lowest BCUT2D eigenvalue weighted by Crippen LogP contribution is -2.30. The van der Waals surface area contributed by atoms with Gasteiger partial charge in [0.1, 0.15) is 11.6 Å². The number of benzene rings is 2. The molecular formula is C19H18FN3. The van der Waals surface area contributed by atoms with Crippen LogP contribution in [0.3, 0.4) is 0 Å². The van der Waals surface area contributed by atoms with Crippen LogP contribution in [0, 0.1) is 5.82 Å². The maximum atomic E-state index is 14.1. The Kier molecular flexibility index (Phi) is 3.37. The number of anilines is 2. The van der Waals surface area contributed by atoms with Gasteiger partial charge in [-0.2, -0.15) is 0 Å². The Labute approximate surface area is 134 Å². The van der Waals surface area contributed by atoms with Crippen molar-refractivity contribution in [2.45, 2.75) is 19.4 Å². The molecule has 1 aliphatic heterocycles. The molecular weight excluding hydrogens is 289 g/mol. The number of hydrogen-bond acceptors (Lipinski definition) is 3. The highest BCUT2D eigenvalue weighted by Gasteiger charge is 2.23. The zero-order valence-electron chi connectivity index (χ0n) is 12.8. The van der Waals surface area contributed by atoms with Crippen LogP contribution in [0.1, 0.15) is 17.5 Å². The molecule has 2 heterocycles. The van der Waals surface area contributed by atoms with Gasteiger partial charge >= 0.3 is 0 Å². The fraction of sp³-hybridized carbons (Fsp3) is 0.211. The molecule has 0 radical (unpaired) electrons. The van der Waals surface area contributed by atoms with Crippen LogP contribution >= 0.6 is 0 Å². The molecule has 116 valence electrons. The van der Waals surface area contributed by atoms with Gasteiger partial charge in [0.15, 0.2) is 0 Å². The fourth-order valence-corrected chi connectivity index (χ4v) is 3.34. The summed E-state index contributed by atoms with van der Waals surface area (Å²) in [5.41, 5.74) is 9.67. The molecule has 0 aliphatic carbocycles. The summed E-state index contributed by atoms with van der Waals surface area (Å²) in [6.45, 7) is 1.73. The van der Waals surface area contributed by atoms with E-state index in [1.807, 2.05) is 24.3 Å². The molecule has 2 N–H and O–H groups in total. The first-order chi connectivity index (χ1) is 11.2. The normalized spacial score (nSPS) is 14.0. The molecule has 1 aromatic heterocycles. The van der Waals surface area contributed by atoms with Crippen LogP contribution in [0.2, 0.25) is 0 Å². The van der Waals surface area contributed by atoms with Crippen molar-refractivity contribution in [2.24, 2.45) is 0 Å². The van der Waals surface area contributed by atoms with Gasteiger partial charge in [-0.3, -0.25) is 0 Å². The highest BCUT2D eigenvalue weighted by Crippen LogP contribution is 2.36. The first kappa shape index (κ1) is 14.0. The second-order valence-corrected chi connectivity index (χ2v) is 5.97. The van der Waals surface area contributed by atoms with E-state index >= 15 is 0 Å². The average molecular weight is 307 g/mol. The Morgan fingerprint density at radius 1 is 1.09 bits per heavy atom. The van der Waals surface area contributed by atoms with Crippen LogP contribution in [0.25, 0.3) is 10.9 Å². The van der Waals surface area contributed by atoms with E-state index in [0.29, 0.717) is 16.6 Å². The molecule has 0 fully saturated rings. The zero-order valence-corrected chi connectivity index (χ0v) is 12.8. The predicted octanol–water partition coefficient (Wildman–Crippen LogP) is 3.91. The van der Waals surface area contributed by atoms with Crippen LogP contribution < -0.4 is 10.6 Å². The highest BCUT2D eigenvalue weighted by molar-refractivity contribution is 5.95. The molecule has 3 nitrogen and oxygen atoms in total. The second kappa shape index (κ2) is 5.54. The van der Waals surface area contributed by atoms with E-state index in [9.17, 15) is 4.39 Å². The van der Waals surface area contributed by atoms with Gasteiger partial charge in [0.05, 0.1) is 16.6 Å². The van der Waals surface area contributed by atoms with Crippen molar-refractivity contribution in [1.29, 1.82) is 0 Å². The molecule has 0 unspecified atom stereocenters. The molecule has 0 saturated carbocycles. The smallest absolute Gasteiger partial charge is 0.134 e. The summed E-state index contributed by atoms with van der Waals surface area (Å²) in [4.78, 5) is 6.97. The van der Waals surface area contributed by atoms with Gasteiger partial charge in [-0.15, -0.1) is 0 Å². The van der Waals surface area contributed by atoms with Gasteiger partial charge in [-0.25, -0.2) is 9.37 Å². The topological polar surface area (TPSA) is 42.1 Å². The van der Waals surface area contributed by atoms with Crippen LogP contribution in [-0.4, -0.2) is 11.5 Å². The van der Waals surface area contributed by atoms with E-state index in [0.717, 1.165) is 37.3 Å². The Balaban J connectivity index is 1.83. The van der Waals surface area contributed by atoms with Crippen molar-refractivity contribution in [3.8, 4) is 0 Å². The molecule has 0 spiro atoms. The monoisotopic (exact) mass is 307 g/mol. The van der Waals surface area contributed by atoms with Gasteiger partial charge in [0, 0.05) is 18.7 Å². The number of aromatic nitrogens is 1. The van der Waals surface area contributed by atoms with E-state index < -0.39 is 0 Å². The highest BCUT2D eigenvalue weighted by atomic mass is 19.1. The van der Waals surface area contributed by atoms with Crippen molar-refractivity contribution >= 4 is 22.4 Å². The molecule has 0 amide bonds. The number of pyridine rings is 1. The van der Waals surface area contributed by atoms with Gasteiger partial charge in [-0.1, -0.05) is 36.4 Å². The lowest BCUT2D eigenvalue weighted by atomic mass is 9.99. The maximum absolute atomic E-state index is 14.1. The summed E-state index contributed by atoms with van der Waals surface area (Å²) < 4.78 is 14.1. The lowest BCUT2D eigenvalue weighted by molar-refractivity contribution is 0.638. The molecule has 23 heavy (non-hydrogen) atoms. The van der Waals surface area contributed by atoms with Crippen LogP contribution in [-0.2, 0) is 13.0 Å². The third-order valence-corrected chi connectivity index (χ3v) is 4.45. The van der Waals surface area contributed by atoms with Crippen molar-refractivity contribution in [1.82, 2.24) is 4.98 Å². The number of nitrogen functional groups attached to an aromatic ring is 1. The molecule has 1 aliphatic rings. The number of rotatable bonds is 2. The van der Waals surface area contributed by atoms with E-state index in [-0.39, 0.29) is 5.82 Å². The molecule has 4 rings (SSSR count). The van der Waals surface area contributed by atoms with Crippen molar-refractivity contribution < 1.29 is 4.39 Å². The number of nitrogens with two attached hydrogens (primary N) is 1. The van der Waals surface area contributed by atoms with Crippen molar-refractivity contribution in [3.63, 3.8) is 0 Å². The first-order valence-corrected chi connectivity index (χ1v) is 7.89. The quantitative estimate of drug-likeness (QED) is 0.780. The predicted molar refractivity (Wildman–Crippen MR) is 91.9 cm³/mol. The van der Waals surface area contributed by atoms with E-state index in [4.69, 9.17) is 10.7 Å². The van der Waals surface area contributed by atoms with Gasteiger partial charge in [0.2, 0.25) is 0 Å². The number of hydrogen-bond donors (Lipinski definition) is 1. The molecule has 4 heteroatoms. The Bertz CT molecular complexity index is 861.